The van der Waals surface area contributed by atoms with Gasteiger partial charge >= 0.3 is 0 Å². The lowest BCUT2D eigenvalue weighted by molar-refractivity contribution is 1.50. The molecule has 0 bridgehead atoms. The van der Waals surface area contributed by atoms with E-state index in [1.54, 1.807) is 0 Å². The fraction of sp³-hybridized carbons (Fsp3) is 0. The van der Waals surface area contributed by atoms with Crippen molar-refractivity contribution in [2.75, 3.05) is 11.5 Å². The molecule has 2 rings (SSSR count). The van der Waals surface area contributed by atoms with Gasteiger partial charge in [0.15, 0.2) is 0 Å². The molecular weight excluding hydrogens is 492 g/mol. The van der Waals surface area contributed by atoms with Crippen molar-refractivity contribution in [2.24, 2.45) is 0 Å². The Morgan fingerprint density at radius 2 is 0.889 bits per heavy atom. The Kier molecular flexibility index (Phi) is 4.41. The predicted molar refractivity (Wildman–Crippen MR) is 91.5 cm³/mol. The Morgan fingerprint density at radius 1 is 0.556 bits per heavy atom. The first-order chi connectivity index (χ1) is 8.43. The summed E-state index contributed by atoms with van der Waals surface area (Å²) < 4.78 is 3.53. The molecule has 2 aromatic rings. The van der Waals surface area contributed by atoms with Gasteiger partial charge in [0.2, 0.25) is 0 Å². The second-order valence-electron chi connectivity index (χ2n) is 3.66. The van der Waals surface area contributed by atoms with E-state index >= 15 is 0 Å². The van der Waals surface area contributed by atoms with Crippen LogP contribution in [-0.4, -0.2) is 0 Å². The van der Waals surface area contributed by atoms with Crippen molar-refractivity contribution in [1.82, 2.24) is 0 Å². The summed E-state index contributed by atoms with van der Waals surface area (Å²) in [4.78, 5) is 0. The number of hydrogen-bond donors (Lipinski definition) is 2. The van der Waals surface area contributed by atoms with Crippen LogP contribution in [0.3, 0.4) is 0 Å². The van der Waals surface area contributed by atoms with E-state index < -0.39 is 0 Å². The smallest absolute Gasteiger partial charge is 0.0553 e. The summed E-state index contributed by atoms with van der Waals surface area (Å²) in [5.74, 6) is 0. The maximum Gasteiger partial charge on any atom is 0.0553 e. The molecule has 0 aliphatic carbocycles. The third kappa shape index (κ3) is 2.48. The van der Waals surface area contributed by atoms with Gasteiger partial charge in [0, 0.05) is 20.3 Å². The highest BCUT2D eigenvalue weighted by Crippen LogP contribution is 2.43. The maximum atomic E-state index is 5.84. The first-order valence-corrected chi connectivity index (χ1v) is 8.08. The topological polar surface area (TPSA) is 52.0 Å². The van der Waals surface area contributed by atoms with Crippen molar-refractivity contribution < 1.29 is 0 Å². The van der Waals surface area contributed by atoms with E-state index in [9.17, 15) is 0 Å². The molecule has 4 N–H and O–H groups in total. The lowest BCUT2D eigenvalue weighted by Crippen LogP contribution is -1.92. The number of benzene rings is 2. The molecule has 0 spiro atoms. The van der Waals surface area contributed by atoms with E-state index in [2.05, 4.69) is 63.7 Å². The molecule has 0 aliphatic heterocycles. The van der Waals surface area contributed by atoms with Crippen molar-refractivity contribution >= 4 is 75.1 Å². The van der Waals surface area contributed by atoms with Crippen LogP contribution in [0.15, 0.2) is 42.2 Å². The number of halogens is 4. The van der Waals surface area contributed by atoms with E-state index in [0.717, 1.165) is 29.0 Å². The predicted octanol–water partition coefficient (Wildman–Crippen LogP) is 5.57. The molecule has 0 aromatic heterocycles. The van der Waals surface area contributed by atoms with Gasteiger partial charge in [-0.3, -0.25) is 0 Å². The first-order valence-electron chi connectivity index (χ1n) is 4.90. The van der Waals surface area contributed by atoms with Gasteiger partial charge in [-0.2, -0.15) is 0 Å². The molecule has 0 saturated carbocycles. The van der Waals surface area contributed by atoms with Gasteiger partial charge < -0.3 is 11.5 Å². The van der Waals surface area contributed by atoms with Crippen molar-refractivity contribution in [2.45, 2.75) is 0 Å². The SMILES string of the molecule is Nc1ccc(-c2ccc(N)c(Br)c2Br)c(Br)c1Br. The second kappa shape index (κ2) is 5.53. The molecule has 0 fully saturated rings. The summed E-state index contributed by atoms with van der Waals surface area (Å²) in [6, 6.07) is 7.65. The normalized spacial score (nSPS) is 10.7. The fourth-order valence-electron chi connectivity index (χ4n) is 1.54. The molecular formula is C12H8Br4N2. The second-order valence-corrected chi connectivity index (χ2v) is 6.83. The molecule has 94 valence electrons. The highest BCUT2D eigenvalue weighted by atomic mass is 79.9. The molecule has 0 aliphatic rings. The highest BCUT2D eigenvalue weighted by molar-refractivity contribution is 9.13. The van der Waals surface area contributed by atoms with Crippen LogP contribution in [0.25, 0.3) is 11.1 Å². The molecule has 18 heavy (non-hydrogen) atoms. The standard InChI is InChI=1S/C12H8Br4N2/c13-9-5(1-3-7(17)11(9)15)6-2-4-8(18)12(16)10(6)14/h1-4H,17-18H2. The van der Waals surface area contributed by atoms with Crippen LogP contribution in [0, 0.1) is 0 Å². The van der Waals surface area contributed by atoms with E-state index in [1.807, 2.05) is 24.3 Å². The van der Waals surface area contributed by atoms with Crippen LogP contribution < -0.4 is 11.5 Å². The fourth-order valence-corrected chi connectivity index (χ4v) is 3.39. The molecule has 2 nitrogen and oxygen atoms in total. The summed E-state index contributed by atoms with van der Waals surface area (Å²) in [5, 5.41) is 0. The van der Waals surface area contributed by atoms with Crippen LogP contribution in [-0.2, 0) is 0 Å². The van der Waals surface area contributed by atoms with Gasteiger partial charge in [-0.15, -0.1) is 0 Å². The summed E-state index contributed by atoms with van der Waals surface area (Å²) in [6.07, 6.45) is 0. The quantitative estimate of drug-likeness (QED) is 0.504. The number of anilines is 2. The largest absolute Gasteiger partial charge is 0.398 e. The zero-order chi connectivity index (χ0) is 13.4. The molecule has 0 heterocycles. The summed E-state index contributed by atoms with van der Waals surface area (Å²) >= 11 is 14.0. The minimum absolute atomic E-state index is 0.691. The molecule has 0 unspecified atom stereocenters. The van der Waals surface area contributed by atoms with Crippen molar-refractivity contribution in [3.05, 3.63) is 42.2 Å². The van der Waals surface area contributed by atoms with Crippen molar-refractivity contribution in [3.8, 4) is 11.1 Å². The zero-order valence-electron chi connectivity index (χ0n) is 8.98. The monoisotopic (exact) mass is 496 g/mol. The Labute approximate surface area is 139 Å². The number of nitrogen functional groups attached to an aromatic ring is 2. The Bertz CT molecular complexity index is 570. The van der Waals surface area contributed by atoms with E-state index in [-0.39, 0.29) is 0 Å². The number of nitrogens with two attached hydrogens (primary N) is 2. The Hall–Kier alpha value is -0.0400. The molecule has 2 aromatic carbocycles. The first kappa shape index (κ1) is 14.4. The molecule has 0 amide bonds. The van der Waals surface area contributed by atoms with Crippen LogP contribution in [0.4, 0.5) is 11.4 Å². The van der Waals surface area contributed by atoms with Crippen LogP contribution >= 0.6 is 63.7 Å². The van der Waals surface area contributed by atoms with Crippen molar-refractivity contribution in [1.29, 1.82) is 0 Å². The average Bonchev–Trinajstić information content (AvgIpc) is 2.35. The van der Waals surface area contributed by atoms with Gasteiger partial charge in [0.1, 0.15) is 0 Å². The van der Waals surface area contributed by atoms with E-state index in [0.29, 0.717) is 11.4 Å². The summed E-state index contributed by atoms with van der Waals surface area (Å²) in [6.45, 7) is 0. The van der Waals surface area contributed by atoms with E-state index in [4.69, 9.17) is 11.5 Å². The van der Waals surface area contributed by atoms with Gasteiger partial charge in [-0.1, -0.05) is 12.1 Å². The minimum atomic E-state index is 0.691. The zero-order valence-corrected chi connectivity index (χ0v) is 15.3. The van der Waals surface area contributed by atoms with Crippen LogP contribution in [0.2, 0.25) is 0 Å². The van der Waals surface area contributed by atoms with E-state index in [1.165, 1.54) is 0 Å². The molecule has 0 radical (unpaired) electrons. The van der Waals surface area contributed by atoms with Crippen molar-refractivity contribution in [3.63, 3.8) is 0 Å². The third-order valence-corrected chi connectivity index (χ3v) is 6.93. The molecule has 0 saturated heterocycles. The summed E-state index contributed by atoms with van der Waals surface area (Å²) in [5.41, 5.74) is 15.1. The molecule has 0 atom stereocenters. The number of rotatable bonds is 1. The van der Waals surface area contributed by atoms with Crippen LogP contribution in [0.1, 0.15) is 0 Å². The van der Waals surface area contributed by atoms with Gasteiger partial charge in [-0.25, -0.2) is 0 Å². The lowest BCUT2D eigenvalue weighted by Gasteiger charge is -2.12. The van der Waals surface area contributed by atoms with Gasteiger partial charge in [0.25, 0.3) is 0 Å². The Balaban J connectivity index is 2.71. The Morgan fingerprint density at radius 3 is 1.22 bits per heavy atom. The highest BCUT2D eigenvalue weighted by Gasteiger charge is 2.14. The van der Waals surface area contributed by atoms with Crippen LogP contribution in [0.5, 0.6) is 0 Å². The maximum absolute atomic E-state index is 5.84. The lowest BCUT2D eigenvalue weighted by atomic mass is 10.1. The minimum Gasteiger partial charge on any atom is -0.398 e. The average molecular weight is 500 g/mol. The van der Waals surface area contributed by atoms with Gasteiger partial charge in [-0.05, 0) is 87.0 Å². The third-order valence-electron chi connectivity index (χ3n) is 2.51. The molecule has 6 heteroatoms. The van der Waals surface area contributed by atoms with Gasteiger partial charge in [0.05, 0.1) is 8.95 Å². The summed E-state index contributed by atoms with van der Waals surface area (Å²) in [7, 11) is 0. The number of hydrogen-bond acceptors (Lipinski definition) is 2.